The van der Waals surface area contributed by atoms with Gasteiger partial charge in [0.2, 0.25) is 5.95 Å². The molecule has 1 aliphatic heterocycles. The number of para-hydroxylation sites is 1. The van der Waals surface area contributed by atoms with E-state index in [0.717, 1.165) is 43.1 Å². The van der Waals surface area contributed by atoms with Crippen molar-refractivity contribution in [2.45, 2.75) is 0 Å². The number of benzene rings is 2. The Morgan fingerprint density at radius 3 is 2.55 bits per heavy atom. The van der Waals surface area contributed by atoms with Gasteiger partial charge in [0.25, 0.3) is 5.91 Å². The molecule has 1 aliphatic rings. The second-order valence-corrected chi connectivity index (χ2v) is 8.10. The lowest BCUT2D eigenvalue weighted by Gasteiger charge is -2.34. The summed E-state index contributed by atoms with van der Waals surface area (Å²) < 4.78 is 6.87. The molecule has 0 spiro atoms. The number of hydrogen-bond acceptors (Lipinski definition) is 6. The normalized spacial score (nSPS) is 14.3. The Hall–Kier alpha value is -2.97. The Morgan fingerprint density at radius 2 is 1.77 bits per heavy atom. The topological polar surface area (TPSA) is 70.6 Å². The van der Waals surface area contributed by atoms with Crippen molar-refractivity contribution >= 4 is 27.8 Å². The minimum atomic E-state index is -0.137. The van der Waals surface area contributed by atoms with E-state index < -0.39 is 0 Å². The molecule has 0 radical (unpaired) electrons. The first-order chi connectivity index (χ1) is 15.2. The second-order valence-electron chi connectivity index (χ2n) is 7.19. The van der Waals surface area contributed by atoms with Gasteiger partial charge in [-0.3, -0.25) is 9.69 Å². The lowest BCUT2D eigenvalue weighted by Crippen LogP contribution is -2.49. The number of halogens is 1. The minimum Gasteiger partial charge on any atom is -0.456 e. The van der Waals surface area contributed by atoms with Gasteiger partial charge < -0.3 is 15.0 Å². The van der Waals surface area contributed by atoms with Crippen molar-refractivity contribution in [2.75, 3.05) is 44.2 Å². The number of amides is 1. The van der Waals surface area contributed by atoms with E-state index in [4.69, 9.17) is 4.74 Å². The summed E-state index contributed by atoms with van der Waals surface area (Å²) in [6.45, 7) is 4.95. The van der Waals surface area contributed by atoms with Gasteiger partial charge in [0.15, 0.2) is 0 Å². The van der Waals surface area contributed by atoms with Crippen molar-refractivity contribution in [1.29, 1.82) is 0 Å². The smallest absolute Gasteiger partial charge is 0.255 e. The molecule has 0 saturated carbocycles. The van der Waals surface area contributed by atoms with Gasteiger partial charge >= 0.3 is 0 Å². The molecule has 4 rings (SSSR count). The van der Waals surface area contributed by atoms with Crippen LogP contribution in [-0.2, 0) is 0 Å². The number of piperazine rings is 1. The molecule has 0 atom stereocenters. The van der Waals surface area contributed by atoms with Gasteiger partial charge in [0, 0.05) is 56.1 Å². The Morgan fingerprint density at radius 1 is 1.00 bits per heavy atom. The van der Waals surface area contributed by atoms with E-state index in [1.807, 2.05) is 42.5 Å². The molecule has 1 saturated heterocycles. The first-order valence-electron chi connectivity index (χ1n) is 10.2. The summed E-state index contributed by atoms with van der Waals surface area (Å²) in [5.41, 5.74) is 0.522. The Bertz CT molecular complexity index is 1010. The fourth-order valence-electron chi connectivity index (χ4n) is 3.45. The average molecular weight is 482 g/mol. The van der Waals surface area contributed by atoms with Crippen molar-refractivity contribution in [3.05, 3.63) is 77.0 Å². The van der Waals surface area contributed by atoms with E-state index in [2.05, 4.69) is 41.0 Å². The van der Waals surface area contributed by atoms with Crippen LogP contribution >= 0.6 is 15.9 Å². The highest BCUT2D eigenvalue weighted by atomic mass is 79.9. The van der Waals surface area contributed by atoms with Crippen LogP contribution < -0.4 is 15.0 Å². The molecule has 31 heavy (non-hydrogen) atoms. The van der Waals surface area contributed by atoms with Gasteiger partial charge in [0.05, 0.1) is 5.56 Å². The lowest BCUT2D eigenvalue weighted by atomic mass is 10.2. The maximum atomic E-state index is 12.8. The van der Waals surface area contributed by atoms with Gasteiger partial charge in [-0.15, -0.1) is 0 Å². The highest BCUT2D eigenvalue weighted by molar-refractivity contribution is 9.10. The van der Waals surface area contributed by atoms with Gasteiger partial charge in [-0.2, -0.15) is 0 Å². The van der Waals surface area contributed by atoms with Crippen molar-refractivity contribution in [1.82, 2.24) is 20.2 Å². The zero-order chi connectivity index (χ0) is 21.5. The van der Waals surface area contributed by atoms with Crippen molar-refractivity contribution in [2.24, 2.45) is 0 Å². The predicted octanol–water partition coefficient (Wildman–Crippen LogP) is 3.58. The molecule has 8 heteroatoms. The third-order valence-electron chi connectivity index (χ3n) is 5.08. The number of hydrogen-bond donors (Lipinski definition) is 1. The zero-order valence-corrected chi connectivity index (χ0v) is 18.7. The summed E-state index contributed by atoms with van der Waals surface area (Å²) in [6, 6.07) is 16.7. The molecule has 1 fully saturated rings. The van der Waals surface area contributed by atoms with Crippen LogP contribution in [-0.4, -0.2) is 60.0 Å². The van der Waals surface area contributed by atoms with Crippen molar-refractivity contribution < 1.29 is 9.53 Å². The van der Waals surface area contributed by atoms with Crippen LogP contribution in [0.2, 0.25) is 0 Å². The highest BCUT2D eigenvalue weighted by Gasteiger charge is 2.19. The second kappa shape index (κ2) is 10.4. The molecule has 0 aliphatic carbocycles. The minimum absolute atomic E-state index is 0.137. The molecule has 7 nitrogen and oxygen atoms in total. The quantitative estimate of drug-likeness (QED) is 0.555. The Labute approximate surface area is 190 Å². The third-order valence-corrected chi connectivity index (χ3v) is 5.57. The fraction of sp³-hybridized carbons (Fsp3) is 0.261. The predicted molar refractivity (Wildman–Crippen MR) is 124 cm³/mol. The summed E-state index contributed by atoms with van der Waals surface area (Å²) in [5, 5.41) is 3.02. The van der Waals surface area contributed by atoms with Crippen LogP contribution in [0.1, 0.15) is 10.4 Å². The SMILES string of the molecule is O=C(NCCN1CCN(c2ncccn2)CC1)c1ccccc1Oc1cccc(Br)c1. The van der Waals surface area contributed by atoms with Crippen LogP contribution in [0, 0.1) is 0 Å². The van der Waals surface area contributed by atoms with Gasteiger partial charge in [-0.1, -0.05) is 34.1 Å². The van der Waals surface area contributed by atoms with E-state index in [0.29, 0.717) is 23.6 Å². The molecule has 160 valence electrons. The van der Waals surface area contributed by atoms with E-state index in [1.165, 1.54) is 0 Å². The Balaban J connectivity index is 1.27. The number of carbonyl (C=O) groups excluding carboxylic acids is 1. The summed E-state index contributed by atoms with van der Waals surface area (Å²) in [7, 11) is 0. The van der Waals surface area contributed by atoms with E-state index in [9.17, 15) is 4.79 Å². The van der Waals surface area contributed by atoms with Crippen LogP contribution in [0.15, 0.2) is 71.5 Å². The number of carbonyl (C=O) groups is 1. The molecule has 1 N–H and O–H groups in total. The van der Waals surface area contributed by atoms with Crippen molar-refractivity contribution in [3.63, 3.8) is 0 Å². The zero-order valence-electron chi connectivity index (χ0n) is 17.1. The number of nitrogens with one attached hydrogen (secondary N) is 1. The van der Waals surface area contributed by atoms with Crippen molar-refractivity contribution in [3.8, 4) is 11.5 Å². The standard InChI is InChI=1S/C23H24BrN5O2/c24-18-5-3-6-19(17-18)31-21-8-2-1-7-20(21)22(30)25-11-12-28-13-15-29(16-14-28)23-26-9-4-10-27-23/h1-10,17H,11-16H2,(H,25,30). The van der Waals surface area contributed by atoms with Crippen LogP contribution in [0.5, 0.6) is 11.5 Å². The molecule has 0 unspecified atom stereocenters. The summed E-state index contributed by atoms with van der Waals surface area (Å²) in [4.78, 5) is 25.9. The summed E-state index contributed by atoms with van der Waals surface area (Å²) in [6.07, 6.45) is 3.53. The van der Waals surface area contributed by atoms with Crippen LogP contribution in [0.4, 0.5) is 5.95 Å². The van der Waals surface area contributed by atoms with Gasteiger partial charge in [-0.25, -0.2) is 9.97 Å². The third kappa shape index (κ3) is 5.80. The average Bonchev–Trinajstić information content (AvgIpc) is 2.80. The number of aromatic nitrogens is 2. The highest BCUT2D eigenvalue weighted by Crippen LogP contribution is 2.27. The first-order valence-corrected chi connectivity index (χ1v) is 11.0. The first kappa shape index (κ1) is 21.3. The molecular weight excluding hydrogens is 458 g/mol. The van der Waals surface area contributed by atoms with E-state index in [-0.39, 0.29) is 5.91 Å². The molecule has 2 heterocycles. The molecular formula is C23H24BrN5O2. The summed E-state index contributed by atoms with van der Waals surface area (Å²) >= 11 is 3.44. The maximum Gasteiger partial charge on any atom is 0.255 e. The van der Waals surface area contributed by atoms with Crippen LogP contribution in [0.3, 0.4) is 0 Å². The van der Waals surface area contributed by atoms with Gasteiger partial charge in [0.1, 0.15) is 11.5 Å². The molecule has 0 bridgehead atoms. The molecule has 1 amide bonds. The number of ether oxygens (including phenoxy) is 1. The van der Waals surface area contributed by atoms with E-state index >= 15 is 0 Å². The molecule has 2 aromatic carbocycles. The number of nitrogens with zero attached hydrogens (tertiary/aromatic N) is 4. The Kier molecular flexibility index (Phi) is 7.11. The lowest BCUT2D eigenvalue weighted by molar-refractivity contribution is 0.0945. The molecule has 1 aromatic heterocycles. The van der Waals surface area contributed by atoms with Crippen LogP contribution in [0.25, 0.3) is 0 Å². The number of rotatable bonds is 7. The van der Waals surface area contributed by atoms with E-state index in [1.54, 1.807) is 24.5 Å². The van der Waals surface area contributed by atoms with Gasteiger partial charge in [-0.05, 0) is 36.4 Å². The summed E-state index contributed by atoms with van der Waals surface area (Å²) in [5.74, 6) is 1.85. The number of anilines is 1. The largest absolute Gasteiger partial charge is 0.456 e. The monoisotopic (exact) mass is 481 g/mol. The molecule has 3 aromatic rings. The fourth-order valence-corrected chi connectivity index (χ4v) is 3.83. The maximum absolute atomic E-state index is 12.8.